The zero-order valence-corrected chi connectivity index (χ0v) is 27.9. The van der Waals surface area contributed by atoms with Gasteiger partial charge in [0, 0.05) is 29.9 Å². The number of ether oxygens (including phenoxy) is 2. The van der Waals surface area contributed by atoms with Gasteiger partial charge in [0.1, 0.15) is 11.6 Å². The number of aromatic nitrogens is 9. The van der Waals surface area contributed by atoms with Crippen molar-refractivity contribution in [1.29, 1.82) is 0 Å². The second-order valence-corrected chi connectivity index (χ2v) is 10.7. The Labute approximate surface area is 293 Å². The molecule has 0 aliphatic heterocycles. The van der Waals surface area contributed by atoms with E-state index in [1.54, 1.807) is 6.07 Å². The SMILES string of the molecule is CC.CC(F)(F)Cc1nnc2cnc(-c3ccc(OC(F)(F)F)cc3)cn12.FCCCc1nnc2ccc(-c3cnc(OCC(F)(F)F)c(F)c3)nn12. The molecule has 0 fully saturated rings. The molecular weight excluding hydrogens is 732 g/mol. The molecule has 0 saturated heterocycles. The summed E-state index contributed by atoms with van der Waals surface area (Å²) in [6.07, 6.45) is -5.44. The van der Waals surface area contributed by atoms with E-state index >= 15 is 0 Å². The van der Waals surface area contributed by atoms with E-state index < -0.39 is 49.9 Å². The number of nitrogens with zero attached hydrogens (tertiary/aromatic N) is 9. The number of alkyl halides is 9. The lowest BCUT2D eigenvalue weighted by Gasteiger charge is -2.10. The predicted molar refractivity (Wildman–Crippen MR) is 168 cm³/mol. The van der Waals surface area contributed by atoms with Gasteiger partial charge in [-0.25, -0.2) is 18.2 Å². The average Bonchev–Trinajstić information content (AvgIpc) is 3.69. The molecule has 53 heavy (non-hydrogen) atoms. The van der Waals surface area contributed by atoms with Crippen molar-refractivity contribution in [2.75, 3.05) is 13.3 Å². The van der Waals surface area contributed by atoms with Gasteiger partial charge >= 0.3 is 12.5 Å². The van der Waals surface area contributed by atoms with Gasteiger partial charge in [-0.1, -0.05) is 13.8 Å². The van der Waals surface area contributed by atoms with Crippen LogP contribution in [0, 0.1) is 5.82 Å². The summed E-state index contributed by atoms with van der Waals surface area (Å²) in [5.41, 5.74) is 2.11. The number of hydrogen-bond acceptors (Lipinski definition) is 9. The average molecular weight is 762 g/mol. The van der Waals surface area contributed by atoms with Crippen molar-refractivity contribution < 1.29 is 53.4 Å². The van der Waals surface area contributed by atoms with E-state index in [4.69, 9.17) is 0 Å². The first-order valence-electron chi connectivity index (χ1n) is 15.5. The van der Waals surface area contributed by atoms with Crippen LogP contribution in [-0.2, 0) is 12.8 Å². The number of aryl methyl sites for hydroxylation is 1. The number of halogens is 10. The molecule has 0 N–H and O–H groups in total. The molecule has 0 aliphatic carbocycles. The highest BCUT2D eigenvalue weighted by Gasteiger charge is 2.31. The molecule has 0 saturated carbocycles. The minimum Gasteiger partial charge on any atom is -0.466 e. The van der Waals surface area contributed by atoms with Crippen molar-refractivity contribution in [1.82, 2.24) is 44.4 Å². The fraction of sp³-hybridized carbons (Fsp3) is 0.344. The van der Waals surface area contributed by atoms with Crippen LogP contribution in [0.1, 0.15) is 38.8 Å². The van der Waals surface area contributed by atoms with Gasteiger partial charge in [-0.3, -0.25) is 13.8 Å². The number of fused-ring (bicyclic) bond motifs is 2. The predicted octanol–water partition coefficient (Wildman–Crippen LogP) is 8.08. The van der Waals surface area contributed by atoms with Crippen molar-refractivity contribution in [3.8, 4) is 34.1 Å². The van der Waals surface area contributed by atoms with Gasteiger partial charge < -0.3 is 9.47 Å². The van der Waals surface area contributed by atoms with Crippen LogP contribution in [0.5, 0.6) is 11.6 Å². The first kappa shape index (κ1) is 40.1. The van der Waals surface area contributed by atoms with Gasteiger partial charge in [0.25, 0.3) is 11.8 Å². The summed E-state index contributed by atoms with van der Waals surface area (Å²) < 4.78 is 137. The first-order valence-corrected chi connectivity index (χ1v) is 15.5. The number of rotatable bonds is 10. The summed E-state index contributed by atoms with van der Waals surface area (Å²) in [5.74, 6) is -4.62. The molecule has 0 atom stereocenters. The second kappa shape index (κ2) is 16.8. The van der Waals surface area contributed by atoms with Gasteiger partial charge in [-0.2, -0.15) is 22.8 Å². The topological polar surface area (TPSA) is 118 Å². The minimum absolute atomic E-state index is 0.0585. The normalized spacial score (nSPS) is 11.9. The fourth-order valence-corrected chi connectivity index (χ4v) is 4.41. The molecule has 0 spiro atoms. The molecule has 0 bridgehead atoms. The molecule has 1 aromatic carbocycles. The fourth-order valence-electron chi connectivity index (χ4n) is 4.41. The maximum absolute atomic E-state index is 14.0. The molecule has 6 rings (SSSR count). The Bertz CT molecular complexity index is 2100. The van der Waals surface area contributed by atoms with E-state index in [1.165, 1.54) is 39.5 Å². The van der Waals surface area contributed by atoms with E-state index in [9.17, 15) is 43.9 Å². The minimum atomic E-state index is -4.78. The Balaban J connectivity index is 0.000000226. The van der Waals surface area contributed by atoms with Gasteiger partial charge in [0.15, 0.2) is 29.5 Å². The van der Waals surface area contributed by atoms with Crippen LogP contribution in [0.4, 0.5) is 43.9 Å². The summed E-state index contributed by atoms with van der Waals surface area (Å²) >= 11 is 0. The molecule has 21 heteroatoms. The lowest BCUT2D eigenvalue weighted by Crippen LogP contribution is -2.20. The Hall–Kier alpha value is -5.63. The quantitative estimate of drug-likeness (QED) is 0.128. The third kappa shape index (κ3) is 11.4. The van der Waals surface area contributed by atoms with E-state index in [2.05, 4.69) is 44.9 Å². The van der Waals surface area contributed by atoms with Crippen LogP contribution in [0.25, 0.3) is 33.8 Å². The van der Waals surface area contributed by atoms with Crippen LogP contribution in [-0.4, -0.2) is 76.1 Å². The molecular formula is C32H29F10N9O2. The van der Waals surface area contributed by atoms with Gasteiger partial charge in [0.2, 0.25) is 0 Å². The standard InChI is InChI=1S/C15H12F5N5O.C15H11F5N4O.C2H6/c16-5-1-2-12-22-23-13-4-3-11(24-25(12)13)9-6-10(17)14(21-7-9)26-8-15(18,19)20;1-14(16,17)6-12-22-23-13-7-21-11(8-24(12)13)9-2-4-10(5-3-9)25-15(18,19)20;1-2/h3-4,6-7H,1-2,5,8H2;2-5,7-8H,6H2,1H3;1-2H3. The van der Waals surface area contributed by atoms with Crippen LogP contribution in [0.2, 0.25) is 0 Å². The molecule has 0 unspecified atom stereocenters. The van der Waals surface area contributed by atoms with Crippen molar-refractivity contribution in [3.05, 3.63) is 78.5 Å². The lowest BCUT2D eigenvalue weighted by atomic mass is 10.1. The summed E-state index contributed by atoms with van der Waals surface area (Å²) in [7, 11) is 0. The van der Waals surface area contributed by atoms with E-state index in [0.717, 1.165) is 31.3 Å². The highest BCUT2D eigenvalue weighted by molar-refractivity contribution is 5.61. The second-order valence-electron chi connectivity index (χ2n) is 10.7. The van der Waals surface area contributed by atoms with Gasteiger partial charge in [-0.05, 0) is 55.8 Å². The summed E-state index contributed by atoms with van der Waals surface area (Å²) in [6.45, 7) is 2.62. The molecule has 284 valence electrons. The molecule has 11 nitrogen and oxygen atoms in total. The molecule has 0 radical (unpaired) electrons. The highest BCUT2D eigenvalue weighted by Crippen LogP contribution is 2.27. The van der Waals surface area contributed by atoms with E-state index in [-0.39, 0.29) is 23.6 Å². The maximum atomic E-state index is 14.0. The molecule has 0 amide bonds. The zero-order valence-electron chi connectivity index (χ0n) is 27.9. The van der Waals surface area contributed by atoms with E-state index in [0.29, 0.717) is 40.5 Å². The van der Waals surface area contributed by atoms with Crippen molar-refractivity contribution in [2.24, 2.45) is 0 Å². The van der Waals surface area contributed by atoms with Crippen LogP contribution >= 0.6 is 0 Å². The van der Waals surface area contributed by atoms with Crippen LogP contribution in [0.15, 0.2) is 61.1 Å². The van der Waals surface area contributed by atoms with Crippen LogP contribution < -0.4 is 9.47 Å². The summed E-state index contributed by atoms with van der Waals surface area (Å²) in [5, 5.41) is 19.5. The van der Waals surface area contributed by atoms with E-state index in [1.807, 2.05) is 13.8 Å². The smallest absolute Gasteiger partial charge is 0.466 e. The number of benzene rings is 1. The Morgan fingerprint density at radius 1 is 0.755 bits per heavy atom. The largest absolute Gasteiger partial charge is 0.573 e. The molecule has 0 aliphatic rings. The van der Waals surface area contributed by atoms with Gasteiger partial charge in [-0.15, -0.1) is 33.6 Å². The van der Waals surface area contributed by atoms with Crippen molar-refractivity contribution in [2.45, 2.75) is 58.5 Å². The Morgan fingerprint density at radius 3 is 2.06 bits per heavy atom. The summed E-state index contributed by atoms with van der Waals surface area (Å²) in [6, 6.07) is 9.14. The highest BCUT2D eigenvalue weighted by atomic mass is 19.4. The Kier molecular flexibility index (Phi) is 12.7. The molecule has 5 heterocycles. The third-order valence-corrected chi connectivity index (χ3v) is 6.55. The van der Waals surface area contributed by atoms with Crippen molar-refractivity contribution >= 4 is 11.3 Å². The monoisotopic (exact) mass is 761 g/mol. The zero-order chi connectivity index (χ0) is 39.0. The number of pyridine rings is 1. The number of hydrogen-bond donors (Lipinski definition) is 0. The van der Waals surface area contributed by atoms with Gasteiger partial charge in [0.05, 0.1) is 30.7 Å². The maximum Gasteiger partial charge on any atom is 0.573 e. The molecule has 5 aromatic heterocycles. The van der Waals surface area contributed by atoms with Crippen LogP contribution in [0.3, 0.4) is 0 Å². The molecule has 6 aromatic rings. The lowest BCUT2D eigenvalue weighted by molar-refractivity contribution is -0.274. The Morgan fingerprint density at radius 2 is 1.43 bits per heavy atom. The third-order valence-electron chi connectivity index (χ3n) is 6.55. The summed E-state index contributed by atoms with van der Waals surface area (Å²) in [4.78, 5) is 7.69. The first-order chi connectivity index (χ1) is 25.0. The van der Waals surface area contributed by atoms with Crippen molar-refractivity contribution in [3.63, 3.8) is 0 Å².